The molecule has 0 saturated carbocycles. The summed E-state index contributed by atoms with van der Waals surface area (Å²) in [5.41, 5.74) is 2.11. The Morgan fingerprint density at radius 1 is 1.19 bits per heavy atom. The van der Waals surface area contributed by atoms with Gasteiger partial charge in [0.2, 0.25) is 0 Å². The minimum Gasteiger partial charge on any atom is -0.465 e. The molecule has 9 nitrogen and oxygen atoms in total. The maximum atomic E-state index is 11.9. The average molecular weight is 527 g/mol. The van der Waals surface area contributed by atoms with Crippen molar-refractivity contribution in [3.63, 3.8) is 0 Å². The Morgan fingerprint density at radius 2 is 1.97 bits per heavy atom. The molecular formula is C27H35ClN6O3. The fourth-order valence-corrected chi connectivity index (χ4v) is 6.15. The van der Waals surface area contributed by atoms with Crippen molar-refractivity contribution in [1.82, 2.24) is 24.6 Å². The van der Waals surface area contributed by atoms with E-state index in [1.807, 2.05) is 36.9 Å². The normalized spacial score (nSPS) is 22.0. The first-order chi connectivity index (χ1) is 17.5. The number of nitrogens with zero attached hydrogens (tertiary/aromatic N) is 6. The van der Waals surface area contributed by atoms with Crippen molar-refractivity contribution in [3.05, 3.63) is 40.8 Å². The molecule has 3 fully saturated rings. The molecule has 3 saturated heterocycles. The standard InChI is InChI=1S/C26H31ClN6O3.CH4/c1-3-35-26(34)14-31-6-4-17(5-7-31)21-10-23-18(8-22(21)27)12-28-33(23)25-11-24(29-16(2)30-25)32-13-20-9-19(32)15-36-20;/h8,10-12,17,19-20H,3-7,9,13-15H2,1-2H3;1H4. The Hall–Kier alpha value is -2.75. The maximum Gasteiger partial charge on any atom is 0.320 e. The summed E-state index contributed by atoms with van der Waals surface area (Å²) in [6.45, 7) is 7.83. The van der Waals surface area contributed by atoms with Gasteiger partial charge in [-0.05, 0) is 69.8 Å². The van der Waals surface area contributed by atoms with Crippen LogP contribution < -0.4 is 4.90 Å². The molecule has 37 heavy (non-hydrogen) atoms. The summed E-state index contributed by atoms with van der Waals surface area (Å²) in [6.07, 6.45) is 5.08. The van der Waals surface area contributed by atoms with E-state index in [-0.39, 0.29) is 13.4 Å². The van der Waals surface area contributed by atoms with E-state index < -0.39 is 0 Å². The molecule has 0 amide bonds. The number of aromatic nitrogens is 4. The zero-order chi connectivity index (χ0) is 24.8. The third-order valence-electron chi connectivity index (χ3n) is 7.59. The van der Waals surface area contributed by atoms with Gasteiger partial charge < -0.3 is 14.4 Å². The highest BCUT2D eigenvalue weighted by Gasteiger charge is 2.40. The van der Waals surface area contributed by atoms with Gasteiger partial charge in [0.25, 0.3) is 0 Å². The third-order valence-corrected chi connectivity index (χ3v) is 7.92. The molecule has 0 radical (unpaired) electrons. The molecule has 1 aromatic carbocycles. The fraction of sp³-hybridized carbons (Fsp3) is 0.556. The topological polar surface area (TPSA) is 85.6 Å². The number of carbonyl (C=O) groups is 1. The van der Waals surface area contributed by atoms with Crippen LogP contribution in [0.25, 0.3) is 16.7 Å². The summed E-state index contributed by atoms with van der Waals surface area (Å²) in [4.78, 5) is 25.8. The molecule has 2 unspecified atom stereocenters. The van der Waals surface area contributed by atoms with E-state index >= 15 is 0 Å². The number of anilines is 1. The van der Waals surface area contributed by atoms with Crippen LogP contribution >= 0.6 is 11.6 Å². The quantitative estimate of drug-likeness (QED) is 0.443. The number of likely N-dealkylation sites (tertiary alicyclic amines) is 1. The second-order valence-corrected chi connectivity index (χ2v) is 10.4. The molecule has 2 aromatic heterocycles. The zero-order valence-electron chi connectivity index (χ0n) is 20.7. The first kappa shape index (κ1) is 25.9. The van der Waals surface area contributed by atoms with Gasteiger partial charge in [-0.25, -0.2) is 14.6 Å². The first-order valence-electron chi connectivity index (χ1n) is 12.8. The highest BCUT2D eigenvalue weighted by atomic mass is 35.5. The van der Waals surface area contributed by atoms with E-state index in [4.69, 9.17) is 31.0 Å². The summed E-state index contributed by atoms with van der Waals surface area (Å²) >= 11 is 6.76. The Labute approximate surface area is 222 Å². The molecule has 3 aliphatic heterocycles. The van der Waals surface area contributed by atoms with E-state index in [1.54, 1.807) is 0 Å². The number of fused-ring (bicyclic) bond motifs is 3. The molecule has 5 heterocycles. The number of halogens is 1. The Kier molecular flexibility index (Phi) is 7.38. The minimum absolute atomic E-state index is 0. The van der Waals surface area contributed by atoms with E-state index in [2.05, 4.69) is 21.0 Å². The summed E-state index contributed by atoms with van der Waals surface area (Å²) < 4.78 is 12.8. The first-order valence-corrected chi connectivity index (χ1v) is 13.2. The van der Waals surface area contributed by atoms with Crippen molar-refractivity contribution in [2.24, 2.45) is 0 Å². The summed E-state index contributed by atoms with van der Waals surface area (Å²) in [5.74, 6) is 2.58. The van der Waals surface area contributed by atoms with Crippen LogP contribution in [0.15, 0.2) is 24.4 Å². The second-order valence-electron chi connectivity index (χ2n) is 9.97. The molecule has 10 heteroatoms. The summed E-state index contributed by atoms with van der Waals surface area (Å²) in [5, 5.41) is 6.42. The molecule has 0 aliphatic carbocycles. The monoisotopic (exact) mass is 526 g/mol. The number of rotatable bonds is 6. The van der Waals surface area contributed by atoms with E-state index in [1.165, 1.54) is 0 Å². The van der Waals surface area contributed by atoms with Gasteiger partial charge in [-0.3, -0.25) is 9.69 Å². The van der Waals surface area contributed by atoms with E-state index in [0.29, 0.717) is 31.2 Å². The molecule has 3 aromatic rings. The van der Waals surface area contributed by atoms with Crippen molar-refractivity contribution < 1.29 is 14.3 Å². The number of morpholine rings is 1. The Morgan fingerprint density at radius 3 is 2.68 bits per heavy atom. The van der Waals surface area contributed by atoms with Crippen molar-refractivity contribution in [2.75, 3.05) is 44.3 Å². The van der Waals surface area contributed by atoms with Gasteiger partial charge in [0.15, 0.2) is 5.82 Å². The number of hydrogen-bond donors (Lipinski definition) is 0. The van der Waals surface area contributed by atoms with Crippen LogP contribution in [0.3, 0.4) is 0 Å². The molecular weight excluding hydrogens is 492 g/mol. The Bertz CT molecular complexity index is 1290. The summed E-state index contributed by atoms with van der Waals surface area (Å²) in [7, 11) is 0. The number of ether oxygens (including phenoxy) is 2. The number of carbonyl (C=O) groups excluding carboxylic acids is 1. The zero-order valence-corrected chi connectivity index (χ0v) is 21.4. The number of aryl methyl sites for hydroxylation is 1. The van der Waals surface area contributed by atoms with E-state index in [9.17, 15) is 4.79 Å². The average Bonchev–Trinajstić information content (AvgIpc) is 3.60. The van der Waals surface area contributed by atoms with Crippen LogP contribution in [-0.2, 0) is 14.3 Å². The predicted molar refractivity (Wildman–Crippen MR) is 144 cm³/mol. The van der Waals surface area contributed by atoms with Gasteiger partial charge in [-0.2, -0.15) is 5.10 Å². The smallest absolute Gasteiger partial charge is 0.320 e. The largest absolute Gasteiger partial charge is 0.465 e. The molecule has 6 rings (SSSR count). The molecule has 0 N–H and O–H groups in total. The predicted octanol–water partition coefficient (Wildman–Crippen LogP) is 4.13. The van der Waals surface area contributed by atoms with Gasteiger partial charge in [-0.1, -0.05) is 19.0 Å². The van der Waals surface area contributed by atoms with Gasteiger partial charge in [-0.15, -0.1) is 0 Å². The SMILES string of the molecule is C.CCOC(=O)CN1CCC(c2cc3c(cnn3-c3cc(N4CC5CC4CO5)nc(C)n3)cc2Cl)CC1. The van der Waals surface area contributed by atoms with Crippen LogP contribution in [0.4, 0.5) is 5.82 Å². The van der Waals surface area contributed by atoms with Crippen molar-refractivity contribution in [3.8, 4) is 5.82 Å². The number of benzene rings is 1. The van der Waals surface area contributed by atoms with Crippen molar-refractivity contribution in [1.29, 1.82) is 0 Å². The number of piperidine rings is 1. The molecule has 2 atom stereocenters. The maximum absolute atomic E-state index is 11.9. The third kappa shape index (κ3) is 5.04. The Balaban J connectivity index is 0.00000280. The van der Waals surface area contributed by atoms with Gasteiger partial charge in [0.1, 0.15) is 11.6 Å². The van der Waals surface area contributed by atoms with Crippen molar-refractivity contribution >= 4 is 34.3 Å². The highest BCUT2D eigenvalue weighted by Crippen LogP contribution is 2.37. The lowest BCUT2D eigenvalue weighted by molar-refractivity contribution is -0.144. The van der Waals surface area contributed by atoms with Gasteiger partial charge in [0.05, 0.1) is 43.6 Å². The van der Waals surface area contributed by atoms with E-state index in [0.717, 1.165) is 84.5 Å². The van der Waals surface area contributed by atoms with Crippen LogP contribution in [0.1, 0.15) is 50.9 Å². The lowest BCUT2D eigenvalue weighted by Gasteiger charge is -2.31. The van der Waals surface area contributed by atoms with Crippen LogP contribution in [-0.4, -0.2) is 82.2 Å². The number of hydrogen-bond acceptors (Lipinski definition) is 8. The molecule has 3 aliphatic rings. The van der Waals surface area contributed by atoms with Gasteiger partial charge >= 0.3 is 5.97 Å². The van der Waals surface area contributed by atoms with Crippen LogP contribution in [0, 0.1) is 6.92 Å². The minimum atomic E-state index is -0.159. The molecule has 0 spiro atoms. The summed E-state index contributed by atoms with van der Waals surface area (Å²) in [6, 6.07) is 6.58. The molecule has 198 valence electrons. The van der Waals surface area contributed by atoms with Gasteiger partial charge in [0, 0.05) is 23.0 Å². The lowest BCUT2D eigenvalue weighted by atomic mass is 9.89. The molecule has 2 bridgehead atoms. The fourth-order valence-electron chi connectivity index (χ4n) is 5.82. The highest BCUT2D eigenvalue weighted by molar-refractivity contribution is 6.32. The van der Waals surface area contributed by atoms with Crippen molar-refractivity contribution in [2.45, 2.75) is 58.6 Å². The second kappa shape index (κ2) is 10.6. The number of esters is 1. The van der Waals surface area contributed by atoms with Crippen LogP contribution in [0.5, 0.6) is 0 Å². The lowest BCUT2D eigenvalue weighted by Crippen LogP contribution is -2.37. The van der Waals surface area contributed by atoms with Crippen LogP contribution in [0.2, 0.25) is 5.02 Å².